The van der Waals surface area contributed by atoms with Crippen LogP contribution < -0.4 is 0 Å². The summed E-state index contributed by atoms with van der Waals surface area (Å²) in [6.45, 7) is 4.54. The van der Waals surface area contributed by atoms with Crippen molar-refractivity contribution < 1.29 is 24.2 Å². The molecule has 0 aliphatic rings. The van der Waals surface area contributed by atoms with Gasteiger partial charge >= 0.3 is 11.9 Å². The van der Waals surface area contributed by atoms with Gasteiger partial charge < -0.3 is 9.84 Å². The third kappa shape index (κ3) is 5.15. The highest BCUT2D eigenvalue weighted by Gasteiger charge is 2.22. The van der Waals surface area contributed by atoms with Crippen LogP contribution in [-0.2, 0) is 19.1 Å². The largest absolute Gasteiger partial charge is 0.481 e. The molecule has 0 amide bonds. The lowest BCUT2D eigenvalue weighted by atomic mass is 10.0. The summed E-state index contributed by atoms with van der Waals surface area (Å²) >= 11 is 0. The summed E-state index contributed by atoms with van der Waals surface area (Å²) in [7, 11) is 0. The normalized spacial score (nSPS) is 12.3. The van der Waals surface area contributed by atoms with Crippen LogP contribution in [0.25, 0.3) is 0 Å². The smallest absolute Gasteiger partial charge is 0.314 e. The number of esters is 1. The maximum atomic E-state index is 11.0. The number of aliphatic carboxylic acids is 1. The summed E-state index contributed by atoms with van der Waals surface area (Å²) in [5.41, 5.74) is 0. The van der Waals surface area contributed by atoms with Gasteiger partial charge in [-0.3, -0.25) is 14.4 Å². The summed E-state index contributed by atoms with van der Waals surface area (Å²) in [4.78, 5) is 32.5. The number of carbonyl (C=O) groups is 3. The maximum absolute atomic E-state index is 11.0. The Labute approximate surface area is 88.4 Å². The lowest BCUT2D eigenvalue weighted by molar-refractivity contribution is -0.152. The van der Waals surface area contributed by atoms with Crippen molar-refractivity contribution in [1.29, 1.82) is 0 Å². The van der Waals surface area contributed by atoms with E-state index in [9.17, 15) is 14.4 Å². The van der Waals surface area contributed by atoms with E-state index >= 15 is 0 Å². The van der Waals surface area contributed by atoms with E-state index in [4.69, 9.17) is 9.84 Å². The Morgan fingerprint density at radius 3 is 2.13 bits per heavy atom. The first-order valence-electron chi connectivity index (χ1n) is 4.76. The molecule has 0 saturated heterocycles. The van der Waals surface area contributed by atoms with Gasteiger partial charge in [0.15, 0.2) is 0 Å². The topological polar surface area (TPSA) is 80.7 Å². The first-order valence-corrected chi connectivity index (χ1v) is 4.76. The molecular weight excluding hydrogens is 200 g/mol. The molecule has 5 heteroatoms. The molecule has 0 spiro atoms. The predicted octanol–water partition coefficient (Wildman–Crippen LogP) is 0.866. The molecule has 0 saturated carbocycles. The second kappa shape index (κ2) is 6.16. The van der Waals surface area contributed by atoms with Crippen molar-refractivity contribution >= 4 is 17.7 Å². The van der Waals surface area contributed by atoms with Crippen LogP contribution in [0.5, 0.6) is 0 Å². The maximum Gasteiger partial charge on any atom is 0.314 e. The van der Waals surface area contributed by atoms with Crippen LogP contribution in [0.3, 0.4) is 0 Å². The standard InChI is InChI=1S/C10H16O5/c1-6(2)10(14)15-5-4-8(7(3)11)9(12)13/h6,8H,4-5H2,1-3H3,(H,12,13). The summed E-state index contributed by atoms with van der Waals surface area (Å²) in [5.74, 6) is -3.32. The number of hydrogen-bond acceptors (Lipinski definition) is 4. The van der Waals surface area contributed by atoms with Gasteiger partial charge in [-0.25, -0.2) is 0 Å². The quantitative estimate of drug-likeness (QED) is 0.526. The highest BCUT2D eigenvalue weighted by atomic mass is 16.5. The minimum Gasteiger partial charge on any atom is -0.481 e. The number of ketones is 1. The molecule has 0 rings (SSSR count). The Hall–Kier alpha value is -1.39. The Morgan fingerprint density at radius 1 is 1.27 bits per heavy atom. The number of hydrogen-bond donors (Lipinski definition) is 1. The highest BCUT2D eigenvalue weighted by molar-refractivity contribution is 5.96. The van der Waals surface area contributed by atoms with Crippen molar-refractivity contribution in [3.8, 4) is 0 Å². The molecule has 0 bridgehead atoms. The molecule has 5 nitrogen and oxygen atoms in total. The molecule has 86 valence electrons. The molecule has 0 aromatic heterocycles. The molecule has 0 aromatic rings. The zero-order valence-corrected chi connectivity index (χ0v) is 9.15. The van der Waals surface area contributed by atoms with Crippen LogP contribution in [0.2, 0.25) is 0 Å². The van der Waals surface area contributed by atoms with E-state index < -0.39 is 17.7 Å². The number of carboxylic acid groups (broad SMARTS) is 1. The summed E-state index contributed by atoms with van der Waals surface area (Å²) in [6.07, 6.45) is 0.0309. The second-order valence-corrected chi connectivity index (χ2v) is 3.61. The third-order valence-corrected chi connectivity index (χ3v) is 1.91. The molecule has 0 aliphatic carbocycles. The molecule has 0 radical (unpaired) electrons. The lowest BCUT2D eigenvalue weighted by Crippen LogP contribution is -2.24. The van der Waals surface area contributed by atoms with E-state index in [1.165, 1.54) is 6.92 Å². The van der Waals surface area contributed by atoms with Crippen LogP contribution >= 0.6 is 0 Å². The summed E-state index contributed by atoms with van der Waals surface area (Å²) in [5, 5.41) is 8.66. The van der Waals surface area contributed by atoms with E-state index in [0.29, 0.717) is 0 Å². The fourth-order valence-electron chi connectivity index (χ4n) is 0.945. The molecular formula is C10H16O5. The minimum atomic E-state index is -1.18. The molecule has 0 fully saturated rings. The van der Waals surface area contributed by atoms with Crippen molar-refractivity contribution in [3.05, 3.63) is 0 Å². The molecule has 0 heterocycles. The Balaban J connectivity index is 3.97. The third-order valence-electron chi connectivity index (χ3n) is 1.91. The predicted molar refractivity (Wildman–Crippen MR) is 52.2 cm³/mol. The summed E-state index contributed by atoms with van der Waals surface area (Å²) in [6, 6.07) is 0. The van der Waals surface area contributed by atoms with Crippen molar-refractivity contribution in [2.45, 2.75) is 27.2 Å². The number of ether oxygens (including phenoxy) is 1. The van der Waals surface area contributed by atoms with Gasteiger partial charge in [-0.05, 0) is 6.92 Å². The minimum absolute atomic E-state index is 0.0309. The van der Waals surface area contributed by atoms with Crippen LogP contribution in [-0.4, -0.2) is 29.4 Å². The van der Waals surface area contributed by atoms with Gasteiger partial charge in [-0.2, -0.15) is 0 Å². The van der Waals surface area contributed by atoms with Crippen molar-refractivity contribution in [2.75, 3.05) is 6.61 Å². The summed E-state index contributed by atoms with van der Waals surface area (Å²) < 4.78 is 4.78. The van der Waals surface area contributed by atoms with Gasteiger partial charge in [0.1, 0.15) is 11.7 Å². The zero-order chi connectivity index (χ0) is 12.0. The van der Waals surface area contributed by atoms with Gasteiger partial charge in [0, 0.05) is 6.42 Å². The van der Waals surface area contributed by atoms with Crippen molar-refractivity contribution in [3.63, 3.8) is 0 Å². The SMILES string of the molecule is CC(=O)C(CCOC(=O)C(C)C)C(=O)O. The van der Waals surface area contributed by atoms with Crippen molar-refractivity contribution in [2.24, 2.45) is 11.8 Å². The van der Waals surface area contributed by atoms with Gasteiger partial charge in [0.05, 0.1) is 12.5 Å². The first kappa shape index (κ1) is 13.6. The zero-order valence-electron chi connectivity index (χ0n) is 9.15. The monoisotopic (exact) mass is 216 g/mol. The van der Waals surface area contributed by atoms with E-state index in [-0.39, 0.29) is 24.9 Å². The van der Waals surface area contributed by atoms with Crippen LogP contribution in [0, 0.1) is 11.8 Å². The first-order chi connectivity index (χ1) is 6.86. The van der Waals surface area contributed by atoms with Gasteiger partial charge in [0.25, 0.3) is 0 Å². The van der Waals surface area contributed by atoms with E-state index in [0.717, 1.165) is 0 Å². The second-order valence-electron chi connectivity index (χ2n) is 3.61. The van der Waals surface area contributed by atoms with Crippen LogP contribution in [0.15, 0.2) is 0 Å². The number of rotatable bonds is 6. The molecule has 15 heavy (non-hydrogen) atoms. The Kier molecular flexibility index (Phi) is 5.59. The van der Waals surface area contributed by atoms with E-state index in [2.05, 4.69) is 0 Å². The van der Waals surface area contributed by atoms with Crippen LogP contribution in [0.4, 0.5) is 0 Å². The van der Waals surface area contributed by atoms with Crippen LogP contribution in [0.1, 0.15) is 27.2 Å². The number of carboxylic acids is 1. The Morgan fingerprint density at radius 2 is 1.80 bits per heavy atom. The number of Topliss-reactive ketones (excluding diaryl/α,β-unsaturated/α-hetero) is 1. The highest BCUT2D eigenvalue weighted by Crippen LogP contribution is 2.06. The van der Waals surface area contributed by atoms with E-state index in [1.807, 2.05) is 0 Å². The molecule has 0 aliphatic heterocycles. The fourth-order valence-corrected chi connectivity index (χ4v) is 0.945. The van der Waals surface area contributed by atoms with Gasteiger partial charge in [-0.15, -0.1) is 0 Å². The van der Waals surface area contributed by atoms with E-state index in [1.54, 1.807) is 13.8 Å². The molecule has 1 atom stereocenters. The molecule has 1 unspecified atom stereocenters. The Bertz CT molecular complexity index is 243. The average molecular weight is 216 g/mol. The fraction of sp³-hybridized carbons (Fsp3) is 0.700. The molecule has 0 aromatic carbocycles. The number of carbonyl (C=O) groups excluding carboxylic acids is 2. The van der Waals surface area contributed by atoms with Crippen molar-refractivity contribution in [1.82, 2.24) is 0 Å². The molecule has 1 N–H and O–H groups in total. The lowest BCUT2D eigenvalue weighted by Gasteiger charge is -2.10. The van der Waals surface area contributed by atoms with Gasteiger partial charge in [-0.1, -0.05) is 13.8 Å². The van der Waals surface area contributed by atoms with Gasteiger partial charge in [0.2, 0.25) is 0 Å². The average Bonchev–Trinajstić information content (AvgIpc) is 2.10.